The molecule has 1 saturated heterocycles. The molecule has 0 aromatic heterocycles. The standard InChI is InChI=1S/C24H33N3O4/c1-4-26(17-19-6-11-22(31-5-2)23(16-19)30-3)24(29)18-25-12-14-27(15-13-25)20-7-9-21(28)10-8-20/h6-11,16,28H,4-5,12-15,17-18H2,1-3H3. The highest BCUT2D eigenvalue weighted by atomic mass is 16.5. The third-order valence-corrected chi connectivity index (χ3v) is 5.58. The summed E-state index contributed by atoms with van der Waals surface area (Å²) in [5, 5.41) is 9.46. The molecule has 0 bridgehead atoms. The van der Waals surface area contributed by atoms with Crippen molar-refractivity contribution in [3.05, 3.63) is 48.0 Å². The molecule has 1 fully saturated rings. The molecule has 7 heteroatoms. The first-order valence-electron chi connectivity index (χ1n) is 10.9. The minimum atomic E-state index is 0.133. The van der Waals surface area contributed by atoms with Gasteiger partial charge < -0.3 is 24.4 Å². The Bertz CT molecular complexity index is 848. The van der Waals surface area contributed by atoms with Crippen LogP contribution in [0.5, 0.6) is 17.2 Å². The van der Waals surface area contributed by atoms with Crippen molar-refractivity contribution >= 4 is 11.6 Å². The number of carbonyl (C=O) groups is 1. The van der Waals surface area contributed by atoms with E-state index in [1.54, 1.807) is 19.2 Å². The number of hydrogen-bond donors (Lipinski definition) is 1. The summed E-state index contributed by atoms with van der Waals surface area (Å²) in [4.78, 5) is 19.3. The molecule has 0 radical (unpaired) electrons. The topological polar surface area (TPSA) is 65.5 Å². The fraction of sp³-hybridized carbons (Fsp3) is 0.458. The zero-order chi connectivity index (χ0) is 22.2. The maximum atomic E-state index is 12.9. The van der Waals surface area contributed by atoms with Crippen LogP contribution in [0.4, 0.5) is 5.69 Å². The Hall–Kier alpha value is -2.93. The zero-order valence-electron chi connectivity index (χ0n) is 18.7. The molecule has 2 aromatic carbocycles. The van der Waals surface area contributed by atoms with Crippen LogP contribution in [0.2, 0.25) is 0 Å². The van der Waals surface area contributed by atoms with E-state index in [4.69, 9.17) is 9.47 Å². The van der Waals surface area contributed by atoms with Crippen molar-refractivity contribution < 1.29 is 19.4 Å². The molecule has 1 amide bonds. The van der Waals surface area contributed by atoms with Crippen molar-refractivity contribution in [2.45, 2.75) is 20.4 Å². The predicted octanol–water partition coefficient (Wildman–Crippen LogP) is 2.97. The van der Waals surface area contributed by atoms with Crippen LogP contribution in [0.1, 0.15) is 19.4 Å². The molecule has 168 valence electrons. The highest BCUT2D eigenvalue weighted by molar-refractivity contribution is 5.78. The molecule has 1 N–H and O–H groups in total. The van der Waals surface area contributed by atoms with Gasteiger partial charge in [-0.1, -0.05) is 6.07 Å². The molecule has 2 aromatic rings. The van der Waals surface area contributed by atoms with Crippen LogP contribution in [-0.4, -0.2) is 73.8 Å². The van der Waals surface area contributed by atoms with E-state index >= 15 is 0 Å². The molecule has 1 aliphatic heterocycles. The van der Waals surface area contributed by atoms with Crippen LogP contribution in [0.25, 0.3) is 0 Å². The van der Waals surface area contributed by atoms with E-state index in [0.717, 1.165) is 43.2 Å². The molecule has 0 saturated carbocycles. The Morgan fingerprint density at radius 3 is 2.35 bits per heavy atom. The number of likely N-dealkylation sites (N-methyl/N-ethyl adjacent to an activating group) is 1. The Morgan fingerprint density at radius 2 is 1.74 bits per heavy atom. The second-order valence-corrected chi connectivity index (χ2v) is 7.61. The fourth-order valence-electron chi connectivity index (χ4n) is 3.80. The SMILES string of the molecule is CCOc1ccc(CN(CC)C(=O)CN2CCN(c3ccc(O)cc3)CC2)cc1OC. The molecule has 7 nitrogen and oxygen atoms in total. The molecule has 0 spiro atoms. The lowest BCUT2D eigenvalue weighted by Crippen LogP contribution is -2.50. The number of carbonyl (C=O) groups excluding carboxylic acids is 1. The molecular weight excluding hydrogens is 394 g/mol. The molecule has 3 rings (SSSR count). The highest BCUT2D eigenvalue weighted by Crippen LogP contribution is 2.28. The number of rotatable bonds is 9. The van der Waals surface area contributed by atoms with Gasteiger partial charge in [0.25, 0.3) is 0 Å². The number of phenols is 1. The number of phenolic OH excluding ortho intramolecular Hbond substituents is 1. The van der Waals surface area contributed by atoms with E-state index in [2.05, 4.69) is 9.80 Å². The van der Waals surface area contributed by atoms with Gasteiger partial charge in [-0.2, -0.15) is 0 Å². The van der Waals surface area contributed by atoms with Crippen LogP contribution in [0, 0.1) is 0 Å². The maximum absolute atomic E-state index is 12.9. The van der Waals surface area contributed by atoms with Crippen molar-refractivity contribution in [3.63, 3.8) is 0 Å². The number of piperazine rings is 1. The van der Waals surface area contributed by atoms with Gasteiger partial charge in [-0.25, -0.2) is 0 Å². The molecule has 1 heterocycles. The summed E-state index contributed by atoms with van der Waals surface area (Å²) in [6.07, 6.45) is 0. The Morgan fingerprint density at radius 1 is 1.03 bits per heavy atom. The summed E-state index contributed by atoms with van der Waals surface area (Å²) in [6, 6.07) is 13.1. The molecule has 0 atom stereocenters. The first kappa shape index (κ1) is 22.7. The minimum absolute atomic E-state index is 0.133. The minimum Gasteiger partial charge on any atom is -0.508 e. The Labute approximate surface area is 184 Å². The summed E-state index contributed by atoms with van der Waals surface area (Å²) < 4.78 is 11.0. The highest BCUT2D eigenvalue weighted by Gasteiger charge is 2.22. The van der Waals surface area contributed by atoms with E-state index in [9.17, 15) is 9.90 Å². The van der Waals surface area contributed by atoms with E-state index in [-0.39, 0.29) is 11.7 Å². The van der Waals surface area contributed by atoms with Gasteiger partial charge >= 0.3 is 0 Å². The largest absolute Gasteiger partial charge is 0.508 e. The van der Waals surface area contributed by atoms with Crippen LogP contribution < -0.4 is 14.4 Å². The Balaban J connectivity index is 1.54. The predicted molar refractivity (Wildman–Crippen MR) is 122 cm³/mol. The lowest BCUT2D eigenvalue weighted by Gasteiger charge is -2.36. The number of hydrogen-bond acceptors (Lipinski definition) is 6. The molecule has 0 aliphatic carbocycles. The number of aromatic hydroxyl groups is 1. The number of nitrogens with zero attached hydrogens (tertiary/aromatic N) is 3. The number of benzene rings is 2. The summed E-state index contributed by atoms with van der Waals surface area (Å²) >= 11 is 0. The van der Waals surface area contributed by atoms with E-state index in [1.165, 1.54) is 0 Å². The van der Waals surface area contributed by atoms with Crippen LogP contribution in [-0.2, 0) is 11.3 Å². The third kappa shape index (κ3) is 6.04. The lowest BCUT2D eigenvalue weighted by molar-refractivity contribution is -0.132. The van der Waals surface area contributed by atoms with Crippen LogP contribution >= 0.6 is 0 Å². The lowest BCUT2D eigenvalue weighted by atomic mass is 10.2. The second kappa shape index (κ2) is 10.9. The first-order chi connectivity index (χ1) is 15.0. The van der Waals surface area contributed by atoms with Gasteiger partial charge in [-0.15, -0.1) is 0 Å². The summed E-state index contributed by atoms with van der Waals surface area (Å²) in [6.45, 7) is 9.54. The molecular formula is C24H33N3O4. The number of amides is 1. The van der Waals surface area contributed by atoms with Gasteiger partial charge in [0.1, 0.15) is 5.75 Å². The third-order valence-electron chi connectivity index (χ3n) is 5.58. The maximum Gasteiger partial charge on any atom is 0.237 e. The van der Waals surface area contributed by atoms with Crippen LogP contribution in [0.15, 0.2) is 42.5 Å². The summed E-state index contributed by atoms with van der Waals surface area (Å²) in [5.41, 5.74) is 2.12. The van der Waals surface area contributed by atoms with Crippen molar-refractivity contribution in [2.75, 3.05) is 57.9 Å². The molecule has 0 unspecified atom stereocenters. The summed E-state index contributed by atoms with van der Waals surface area (Å²) in [5.74, 6) is 1.81. The van der Waals surface area contributed by atoms with Gasteiger partial charge in [-0.05, 0) is 55.8 Å². The fourth-order valence-corrected chi connectivity index (χ4v) is 3.80. The van der Waals surface area contributed by atoms with Crippen molar-refractivity contribution in [2.24, 2.45) is 0 Å². The van der Waals surface area contributed by atoms with Crippen molar-refractivity contribution in [1.82, 2.24) is 9.80 Å². The average Bonchev–Trinajstić information content (AvgIpc) is 2.79. The smallest absolute Gasteiger partial charge is 0.237 e. The van der Waals surface area contributed by atoms with Gasteiger partial charge in [0.15, 0.2) is 11.5 Å². The van der Waals surface area contributed by atoms with E-state index in [0.29, 0.717) is 32.0 Å². The number of ether oxygens (including phenoxy) is 2. The van der Waals surface area contributed by atoms with Crippen molar-refractivity contribution in [3.8, 4) is 17.2 Å². The van der Waals surface area contributed by atoms with E-state index in [1.807, 2.05) is 49.1 Å². The Kier molecular flexibility index (Phi) is 8.00. The monoisotopic (exact) mass is 427 g/mol. The second-order valence-electron chi connectivity index (χ2n) is 7.61. The number of anilines is 1. The first-order valence-corrected chi connectivity index (χ1v) is 10.9. The van der Waals surface area contributed by atoms with Crippen molar-refractivity contribution in [1.29, 1.82) is 0 Å². The van der Waals surface area contributed by atoms with Gasteiger partial charge in [0, 0.05) is 45.0 Å². The average molecular weight is 428 g/mol. The summed E-state index contributed by atoms with van der Waals surface area (Å²) in [7, 11) is 1.63. The van der Waals surface area contributed by atoms with E-state index < -0.39 is 0 Å². The molecule has 31 heavy (non-hydrogen) atoms. The van der Waals surface area contributed by atoms with Gasteiger partial charge in [0.05, 0.1) is 20.3 Å². The zero-order valence-corrected chi connectivity index (χ0v) is 18.7. The number of methoxy groups -OCH3 is 1. The molecule has 1 aliphatic rings. The quantitative estimate of drug-likeness (QED) is 0.664. The normalized spacial score (nSPS) is 14.4. The van der Waals surface area contributed by atoms with Gasteiger partial charge in [-0.3, -0.25) is 9.69 Å². The van der Waals surface area contributed by atoms with Crippen LogP contribution in [0.3, 0.4) is 0 Å². The van der Waals surface area contributed by atoms with Gasteiger partial charge in [0.2, 0.25) is 5.91 Å².